The molecule has 2 unspecified atom stereocenters. The van der Waals surface area contributed by atoms with Gasteiger partial charge in [0.1, 0.15) is 0 Å². The van der Waals surface area contributed by atoms with Gasteiger partial charge < -0.3 is 5.11 Å². The van der Waals surface area contributed by atoms with E-state index in [0.717, 1.165) is 26.1 Å². The fourth-order valence-electron chi connectivity index (χ4n) is 2.00. The first-order valence-corrected chi connectivity index (χ1v) is 6.96. The van der Waals surface area contributed by atoms with Gasteiger partial charge in [-0.3, -0.25) is 4.90 Å². The second kappa shape index (κ2) is 4.95. The minimum atomic E-state index is -0.104. The Hall–Kier alpha value is 0.1000. The van der Waals surface area contributed by atoms with E-state index >= 15 is 0 Å². The lowest BCUT2D eigenvalue weighted by Crippen LogP contribution is -2.41. The Kier molecular flexibility index (Phi) is 3.83. The highest BCUT2D eigenvalue weighted by molar-refractivity contribution is 9.10. The van der Waals surface area contributed by atoms with Crippen molar-refractivity contribution in [3.8, 4) is 0 Å². The molecule has 0 radical (unpaired) electrons. The zero-order valence-corrected chi connectivity index (χ0v) is 11.2. The molecule has 2 nitrogen and oxygen atoms in total. The largest absolute Gasteiger partial charge is 0.393 e. The van der Waals surface area contributed by atoms with Gasteiger partial charge in [0.25, 0.3) is 0 Å². The van der Waals surface area contributed by atoms with Crippen LogP contribution < -0.4 is 0 Å². The van der Waals surface area contributed by atoms with Gasteiger partial charge in [0, 0.05) is 29.0 Å². The number of nitrogens with zero attached hydrogens (tertiary/aromatic N) is 1. The number of aliphatic hydroxyl groups is 1. The van der Waals surface area contributed by atoms with Gasteiger partial charge in [-0.25, -0.2) is 0 Å². The SMILES string of the molecule is CC1CN(Cc2sccc2Br)CCC1O. The van der Waals surface area contributed by atoms with Crippen LogP contribution in [0, 0.1) is 5.92 Å². The van der Waals surface area contributed by atoms with Gasteiger partial charge in [0.2, 0.25) is 0 Å². The lowest BCUT2D eigenvalue weighted by Gasteiger charge is -2.34. The Balaban J connectivity index is 1.94. The quantitative estimate of drug-likeness (QED) is 0.905. The third-order valence-electron chi connectivity index (χ3n) is 3.00. The highest BCUT2D eigenvalue weighted by Gasteiger charge is 2.24. The van der Waals surface area contributed by atoms with Crippen LogP contribution in [0.4, 0.5) is 0 Å². The summed E-state index contributed by atoms with van der Waals surface area (Å²) >= 11 is 5.35. The average Bonchev–Trinajstić information content (AvgIpc) is 2.59. The molecular formula is C11H16BrNOS. The van der Waals surface area contributed by atoms with Crippen molar-refractivity contribution in [2.45, 2.75) is 26.0 Å². The molecule has 1 aliphatic heterocycles. The summed E-state index contributed by atoms with van der Waals surface area (Å²) < 4.78 is 1.21. The van der Waals surface area contributed by atoms with Crippen molar-refractivity contribution in [1.82, 2.24) is 4.90 Å². The second-order valence-electron chi connectivity index (χ2n) is 4.26. The maximum absolute atomic E-state index is 9.64. The lowest BCUT2D eigenvalue weighted by atomic mass is 9.97. The Morgan fingerprint density at radius 2 is 2.47 bits per heavy atom. The third-order valence-corrected chi connectivity index (χ3v) is 4.91. The molecule has 0 saturated carbocycles. The van der Waals surface area contributed by atoms with Crippen molar-refractivity contribution in [3.05, 3.63) is 20.8 Å². The van der Waals surface area contributed by atoms with Gasteiger partial charge in [0.05, 0.1) is 6.10 Å². The molecule has 2 atom stereocenters. The zero-order chi connectivity index (χ0) is 10.8. The first-order valence-electron chi connectivity index (χ1n) is 5.29. The first-order chi connectivity index (χ1) is 7.16. The summed E-state index contributed by atoms with van der Waals surface area (Å²) in [6.07, 6.45) is 0.803. The number of piperidine rings is 1. The van der Waals surface area contributed by atoms with E-state index in [9.17, 15) is 5.11 Å². The van der Waals surface area contributed by atoms with Crippen LogP contribution in [0.3, 0.4) is 0 Å². The predicted molar refractivity (Wildman–Crippen MR) is 67.1 cm³/mol. The highest BCUT2D eigenvalue weighted by atomic mass is 79.9. The van der Waals surface area contributed by atoms with Crippen LogP contribution >= 0.6 is 27.3 Å². The molecule has 1 aliphatic rings. The van der Waals surface area contributed by atoms with E-state index in [1.165, 1.54) is 9.35 Å². The summed E-state index contributed by atoms with van der Waals surface area (Å²) in [6, 6.07) is 2.10. The molecule has 4 heteroatoms. The van der Waals surface area contributed by atoms with Crippen molar-refractivity contribution < 1.29 is 5.11 Å². The summed E-state index contributed by atoms with van der Waals surface area (Å²) in [6.45, 7) is 5.15. The molecule has 15 heavy (non-hydrogen) atoms. The summed E-state index contributed by atoms with van der Waals surface area (Å²) in [5.41, 5.74) is 0. The van der Waals surface area contributed by atoms with Crippen molar-refractivity contribution in [3.63, 3.8) is 0 Å². The molecule has 1 aromatic heterocycles. The summed E-state index contributed by atoms with van der Waals surface area (Å²) in [4.78, 5) is 3.81. The molecule has 2 heterocycles. The standard InChI is InChI=1S/C11H16BrNOS/c1-8-6-13(4-2-10(8)14)7-11-9(12)3-5-15-11/h3,5,8,10,14H,2,4,6-7H2,1H3. The number of likely N-dealkylation sites (tertiary alicyclic amines) is 1. The monoisotopic (exact) mass is 289 g/mol. The Morgan fingerprint density at radius 3 is 3.07 bits per heavy atom. The molecule has 1 aromatic rings. The molecule has 0 spiro atoms. The van der Waals surface area contributed by atoms with Crippen LogP contribution in [0.15, 0.2) is 15.9 Å². The van der Waals surface area contributed by atoms with Crippen LogP contribution in [0.1, 0.15) is 18.2 Å². The summed E-state index contributed by atoms with van der Waals surface area (Å²) in [5.74, 6) is 0.400. The van der Waals surface area contributed by atoms with Crippen molar-refractivity contribution in [1.29, 1.82) is 0 Å². The van der Waals surface area contributed by atoms with E-state index in [4.69, 9.17) is 0 Å². The number of thiophene rings is 1. The molecule has 0 aliphatic carbocycles. The number of hydrogen-bond donors (Lipinski definition) is 1. The van der Waals surface area contributed by atoms with Crippen LogP contribution in [0.5, 0.6) is 0 Å². The van der Waals surface area contributed by atoms with Gasteiger partial charge in [-0.1, -0.05) is 6.92 Å². The smallest absolute Gasteiger partial charge is 0.0590 e. The number of aliphatic hydroxyl groups excluding tert-OH is 1. The zero-order valence-electron chi connectivity index (χ0n) is 8.82. The van der Waals surface area contributed by atoms with E-state index in [-0.39, 0.29) is 6.10 Å². The van der Waals surface area contributed by atoms with Gasteiger partial charge in [-0.05, 0) is 39.7 Å². The molecular weight excluding hydrogens is 274 g/mol. The summed E-state index contributed by atoms with van der Waals surface area (Å²) in [5, 5.41) is 11.8. The minimum Gasteiger partial charge on any atom is -0.393 e. The lowest BCUT2D eigenvalue weighted by molar-refractivity contribution is 0.0323. The van der Waals surface area contributed by atoms with Gasteiger partial charge in [-0.15, -0.1) is 11.3 Å². The normalized spacial score (nSPS) is 28.2. The minimum absolute atomic E-state index is 0.104. The van der Waals surface area contributed by atoms with Gasteiger partial charge >= 0.3 is 0 Å². The number of halogens is 1. The second-order valence-corrected chi connectivity index (χ2v) is 6.12. The molecule has 1 saturated heterocycles. The number of rotatable bonds is 2. The van der Waals surface area contributed by atoms with Crippen molar-refractivity contribution in [2.24, 2.45) is 5.92 Å². The molecule has 1 N–H and O–H groups in total. The van der Waals surface area contributed by atoms with Crippen molar-refractivity contribution in [2.75, 3.05) is 13.1 Å². The van der Waals surface area contributed by atoms with E-state index in [1.54, 1.807) is 11.3 Å². The fourth-order valence-corrected chi connectivity index (χ4v) is 3.52. The number of hydrogen-bond acceptors (Lipinski definition) is 3. The molecule has 84 valence electrons. The third kappa shape index (κ3) is 2.81. The molecule has 0 bridgehead atoms. The molecule has 0 aromatic carbocycles. The maximum atomic E-state index is 9.64. The first kappa shape index (κ1) is 11.6. The van der Waals surface area contributed by atoms with E-state index in [0.29, 0.717) is 5.92 Å². The van der Waals surface area contributed by atoms with Crippen LogP contribution in [0.25, 0.3) is 0 Å². The topological polar surface area (TPSA) is 23.5 Å². The average molecular weight is 290 g/mol. The fraction of sp³-hybridized carbons (Fsp3) is 0.636. The van der Waals surface area contributed by atoms with E-state index < -0.39 is 0 Å². The Bertz CT molecular complexity index is 328. The van der Waals surface area contributed by atoms with Gasteiger partial charge in [0.15, 0.2) is 0 Å². The van der Waals surface area contributed by atoms with Gasteiger partial charge in [-0.2, -0.15) is 0 Å². The highest BCUT2D eigenvalue weighted by Crippen LogP contribution is 2.26. The maximum Gasteiger partial charge on any atom is 0.0590 e. The van der Waals surface area contributed by atoms with Crippen LogP contribution in [0.2, 0.25) is 0 Å². The van der Waals surface area contributed by atoms with Crippen LogP contribution in [-0.2, 0) is 6.54 Å². The van der Waals surface area contributed by atoms with Crippen LogP contribution in [-0.4, -0.2) is 29.2 Å². The Morgan fingerprint density at radius 1 is 1.67 bits per heavy atom. The van der Waals surface area contributed by atoms with Crippen molar-refractivity contribution >= 4 is 27.3 Å². The molecule has 1 fully saturated rings. The van der Waals surface area contributed by atoms with E-state index in [1.807, 2.05) is 0 Å². The summed E-state index contributed by atoms with van der Waals surface area (Å²) in [7, 11) is 0. The molecule has 2 rings (SSSR count). The molecule has 0 amide bonds. The predicted octanol–water partition coefficient (Wildman–Crippen LogP) is 2.71. The van der Waals surface area contributed by atoms with E-state index in [2.05, 4.69) is 39.2 Å². The Labute approximate surface area is 103 Å².